The smallest absolute Gasteiger partial charge is 1.00 e. The maximum absolute atomic E-state index is 8.52. The largest absolute Gasteiger partial charge is 2.00 e. The first-order chi connectivity index (χ1) is 2.00. The molecule has 0 aromatic carbocycles. The summed E-state index contributed by atoms with van der Waals surface area (Å²) < 4.78 is 34.1. The zero-order valence-corrected chi connectivity index (χ0v) is 7.98. The van der Waals surface area contributed by atoms with E-state index in [-0.39, 0.29) is 54.0 Å². The fourth-order valence-corrected chi connectivity index (χ4v) is 0. The van der Waals surface area contributed by atoms with Gasteiger partial charge < -0.3 is 10.5 Å². The van der Waals surface area contributed by atoms with E-state index in [2.05, 4.69) is 0 Å². The van der Waals surface area contributed by atoms with Gasteiger partial charge in [0.2, 0.25) is 0 Å². The molecular formula is HMgNaO4S. The van der Waals surface area contributed by atoms with Crippen molar-refractivity contribution in [3.8, 4) is 0 Å². The second kappa shape index (κ2) is 5.77. The summed E-state index contributed by atoms with van der Waals surface area (Å²) >= 11 is 0. The first-order valence-corrected chi connectivity index (χ1v) is 2.00. The molecule has 0 aliphatic rings. The van der Waals surface area contributed by atoms with Crippen LogP contribution in [0.3, 0.4) is 0 Å². The Hall–Kier alpha value is 1.64. The van der Waals surface area contributed by atoms with Gasteiger partial charge in [0.25, 0.3) is 0 Å². The van der Waals surface area contributed by atoms with E-state index in [1.54, 1.807) is 0 Å². The first-order valence-electron chi connectivity index (χ1n) is 0.667. The SMILES string of the molecule is O=S(=O)([O-])[O-].[H-].[Mg+2].[Na+]. The molecule has 0 saturated carbocycles. The summed E-state index contributed by atoms with van der Waals surface area (Å²) in [6.45, 7) is 0. The Kier molecular flexibility index (Phi) is 13.1. The molecule has 0 amide bonds. The Morgan fingerprint density at radius 2 is 1.29 bits per heavy atom. The summed E-state index contributed by atoms with van der Waals surface area (Å²) in [5, 5.41) is 0. The fraction of sp³-hybridized carbons (Fsp3) is 0. The molecule has 0 aromatic heterocycles. The van der Waals surface area contributed by atoms with Crippen LogP contribution in [0.4, 0.5) is 0 Å². The number of hydrogen-bond donors (Lipinski definition) is 0. The molecule has 0 aromatic rings. The molecule has 0 spiro atoms. The van der Waals surface area contributed by atoms with E-state index >= 15 is 0 Å². The van der Waals surface area contributed by atoms with E-state index in [9.17, 15) is 0 Å². The Balaban J connectivity index is -0.0000000267. The quantitative estimate of drug-likeness (QED) is 0.195. The van der Waals surface area contributed by atoms with Gasteiger partial charge in [0.05, 0.1) is 0 Å². The molecule has 4 nitrogen and oxygen atoms in total. The van der Waals surface area contributed by atoms with Gasteiger partial charge in [-0.25, -0.2) is 0 Å². The van der Waals surface area contributed by atoms with Crippen molar-refractivity contribution in [3.05, 3.63) is 0 Å². The van der Waals surface area contributed by atoms with E-state index in [0.29, 0.717) is 0 Å². The Morgan fingerprint density at radius 1 is 1.29 bits per heavy atom. The normalized spacial score (nSPS) is 8.29. The molecule has 0 bridgehead atoms. The average molecular weight is 144 g/mol. The van der Waals surface area contributed by atoms with Gasteiger partial charge in [0, 0.05) is 10.4 Å². The molecule has 0 saturated heterocycles. The van der Waals surface area contributed by atoms with Gasteiger partial charge in [0.15, 0.2) is 0 Å². The van der Waals surface area contributed by atoms with Gasteiger partial charge in [-0.1, -0.05) is 0 Å². The molecule has 0 heterocycles. The van der Waals surface area contributed by atoms with Crippen molar-refractivity contribution in [1.29, 1.82) is 0 Å². The van der Waals surface area contributed by atoms with Gasteiger partial charge in [-0.3, -0.25) is 8.42 Å². The van der Waals surface area contributed by atoms with E-state index in [1.807, 2.05) is 0 Å². The van der Waals surface area contributed by atoms with Crippen LogP contribution in [0.5, 0.6) is 0 Å². The fourth-order valence-electron chi connectivity index (χ4n) is 0. The van der Waals surface area contributed by atoms with Gasteiger partial charge >= 0.3 is 52.6 Å². The monoisotopic (exact) mass is 144 g/mol. The molecular weight excluding hydrogens is 143 g/mol. The van der Waals surface area contributed by atoms with Crippen molar-refractivity contribution in [2.75, 3.05) is 0 Å². The van der Waals surface area contributed by atoms with Crippen molar-refractivity contribution >= 4 is 33.5 Å². The first kappa shape index (κ1) is 15.9. The van der Waals surface area contributed by atoms with Crippen molar-refractivity contribution in [2.45, 2.75) is 0 Å². The van der Waals surface area contributed by atoms with Crippen LogP contribution in [0.15, 0.2) is 0 Å². The van der Waals surface area contributed by atoms with Gasteiger partial charge in [-0.05, 0) is 0 Å². The van der Waals surface area contributed by atoms with Crippen molar-refractivity contribution in [2.24, 2.45) is 0 Å². The molecule has 0 radical (unpaired) electrons. The van der Waals surface area contributed by atoms with Crippen molar-refractivity contribution < 1.29 is 48.5 Å². The van der Waals surface area contributed by atoms with E-state index in [0.717, 1.165) is 0 Å². The molecule has 7 heavy (non-hydrogen) atoms. The van der Waals surface area contributed by atoms with E-state index in [1.165, 1.54) is 0 Å². The minimum Gasteiger partial charge on any atom is -1.00 e. The summed E-state index contributed by atoms with van der Waals surface area (Å²) in [7, 11) is -5.17. The molecule has 0 N–H and O–H groups in total. The van der Waals surface area contributed by atoms with Crippen LogP contribution in [0.2, 0.25) is 0 Å². The standard InChI is InChI=1S/Mg.Na.H2O4S.H/c;;1-5(2,3)4;/h;;(H2,1,2,3,4);/q+2;+1;;-1/p-2. The van der Waals surface area contributed by atoms with Crippen LogP contribution in [0.25, 0.3) is 0 Å². The minimum absolute atomic E-state index is 0. The third kappa shape index (κ3) is 90.6. The van der Waals surface area contributed by atoms with Crippen LogP contribution in [-0.4, -0.2) is 40.6 Å². The number of rotatable bonds is 0. The maximum Gasteiger partial charge on any atom is 2.00 e. The molecule has 0 unspecified atom stereocenters. The van der Waals surface area contributed by atoms with Crippen LogP contribution >= 0.6 is 0 Å². The van der Waals surface area contributed by atoms with Crippen LogP contribution < -0.4 is 29.6 Å². The minimum atomic E-state index is -5.17. The molecule has 34 valence electrons. The predicted octanol–water partition coefficient (Wildman–Crippen LogP) is -4.60. The number of hydrogen-bond acceptors (Lipinski definition) is 4. The third-order valence-electron chi connectivity index (χ3n) is 0. The molecule has 7 heteroatoms. The third-order valence-corrected chi connectivity index (χ3v) is 0. The summed E-state index contributed by atoms with van der Waals surface area (Å²) in [6.07, 6.45) is 0. The summed E-state index contributed by atoms with van der Waals surface area (Å²) in [5.41, 5.74) is 0. The molecule has 0 rings (SSSR count). The van der Waals surface area contributed by atoms with Gasteiger partial charge in [-0.15, -0.1) is 0 Å². The molecule has 0 aliphatic carbocycles. The maximum atomic E-state index is 8.52. The molecule has 0 fully saturated rings. The second-order valence-corrected chi connectivity index (χ2v) is 1.22. The Morgan fingerprint density at radius 3 is 1.29 bits per heavy atom. The average Bonchev–Trinajstić information content (AvgIpc) is 0.722. The van der Waals surface area contributed by atoms with E-state index < -0.39 is 10.4 Å². The van der Waals surface area contributed by atoms with Crippen LogP contribution in [0, 0.1) is 0 Å². The van der Waals surface area contributed by atoms with E-state index in [4.69, 9.17) is 17.5 Å². The zero-order valence-electron chi connectivity index (χ0n) is 4.75. The van der Waals surface area contributed by atoms with Gasteiger partial charge in [-0.2, -0.15) is 0 Å². The zero-order chi connectivity index (χ0) is 4.50. The van der Waals surface area contributed by atoms with Crippen molar-refractivity contribution in [3.63, 3.8) is 0 Å². The summed E-state index contributed by atoms with van der Waals surface area (Å²) in [6, 6.07) is 0. The van der Waals surface area contributed by atoms with Crippen LogP contribution in [0.1, 0.15) is 1.43 Å². The summed E-state index contributed by atoms with van der Waals surface area (Å²) in [5.74, 6) is 0. The van der Waals surface area contributed by atoms with Crippen LogP contribution in [-0.2, 0) is 10.4 Å². The Labute approximate surface area is 81.2 Å². The molecule has 0 atom stereocenters. The van der Waals surface area contributed by atoms with Gasteiger partial charge in [0.1, 0.15) is 0 Å². The topological polar surface area (TPSA) is 80.3 Å². The van der Waals surface area contributed by atoms with Crippen molar-refractivity contribution in [1.82, 2.24) is 0 Å². The molecule has 0 aliphatic heterocycles. The summed E-state index contributed by atoms with van der Waals surface area (Å²) in [4.78, 5) is 0. The predicted molar refractivity (Wildman–Crippen MR) is 17.3 cm³/mol. The second-order valence-electron chi connectivity index (χ2n) is 0.408. The Bertz CT molecular complexity index is 99.2.